The highest BCUT2D eigenvalue weighted by Gasteiger charge is 2.20. The van der Waals surface area contributed by atoms with Crippen LogP contribution in [0.4, 0.5) is 0 Å². The van der Waals surface area contributed by atoms with Gasteiger partial charge in [-0.1, -0.05) is 12.1 Å². The van der Waals surface area contributed by atoms with E-state index < -0.39 is 0 Å². The fraction of sp³-hybridized carbons (Fsp3) is 0.556. The molecule has 0 aromatic heterocycles. The van der Waals surface area contributed by atoms with Gasteiger partial charge in [-0.05, 0) is 38.3 Å². The first-order valence-electron chi connectivity index (χ1n) is 8.44. The van der Waals surface area contributed by atoms with Gasteiger partial charge in [-0.2, -0.15) is 5.26 Å². The molecule has 23 heavy (non-hydrogen) atoms. The van der Waals surface area contributed by atoms with E-state index in [2.05, 4.69) is 18.3 Å². The number of ether oxygens (including phenoxy) is 1. The van der Waals surface area contributed by atoms with Crippen molar-refractivity contribution in [3.63, 3.8) is 0 Å². The van der Waals surface area contributed by atoms with Crippen LogP contribution in [0, 0.1) is 11.3 Å². The summed E-state index contributed by atoms with van der Waals surface area (Å²) in [7, 11) is 0. The standard InChI is InChI=1S/C18H25N3O2/c1-15-7-4-5-11-21(15)12-6-10-20-18(22)14-23-17-9-3-2-8-16(17)13-19/h2-3,8-9,15H,4-7,10-12,14H2,1H3,(H,20,22)/p+1/t15-/m0/s1. The number of nitrogens with one attached hydrogen (secondary N) is 2. The molecule has 0 bridgehead atoms. The number of hydrogen-bond acceptors (Lipinski definition) is 3. The quantitative estimate of drug-likeness (QED) is 0.735. The lowest BCUT2D eigenvalue weighted by Crippen LogP contribution is -3.16. The molecule has 1 saturated heterocycles. The highest BCUT2D eigenvalue weighted by molar-refractivity contribution is 5.77. The second-order valence-corrected chi connectivity index (χ2v) is 6.16. The summed E-state index contributed by atoms with van der Waals surface area (Å²) in [6, 6.07) is 9.73. The molecule has 1 unspecified atom stereocenters. The molecular formula is C18H26N3O2+. The molecule has 2 rings (SSSR count). The Balaban J connectivity index is 1.63. The summed E-state index contributed by atoms with van der Waals surface area (Å²) < 4.78 is 5.41. The van der Waals surface area contributed by atoms with E-state index in [4.69, 9.17) is 10.00 Å². The Kier molecular flexibility index (Phi) is 6.89. The number of piperidine rings is 1. The summed E-state index contributed by atoms with van der Waals surface area (Å²) in [5.41, 5.74) is 0.447. The summed E-state index contributed by atoms with van der Waals surface area (Å²) in [4.78, 5) is 13.5. The van der Waals surface area contributed by atoms with Crippen LogP contribution < -0.4 is 15.0 Å². The minimum atomic E-state index is -0.139. The van der Waals surface area contributed by atoms with Crippen molar-refractivity contribution in [2.45, 2.75) is 38.6 Å². The number of nitriles is 1. The van der Waals surface area contributed by atoms with Crippen LogP contribution in [-0.2, 0) is 4.79 Å². The van der Waals surface area contributed by atoms with Crippen molar-refractivity contribution in [2.75, 3.05) is 26.2 Å². The number of hydrogen-bond donors (Lipinski definition) is 2. The van der Waals surface area contributed by atoms with Gasteiger partial charge in [0.1, 0.15) is 11.8 Å². The van der Waals surface area contributed by atoms with Gasteiger partial charge in [-0.3, -0.25) is 4.79 Å². The molecule has 2 atom stereocenters. The van der Waals surface area contributed by atoms with Gasteiger partial charge in [-0.25, -0.2) is 0 Å². The van der Waals surface area contributed by atoms with Gasteiger partial charge in [0.05, 0.1) is 24.7 Å². The van der Waals surface area contributed by atoms with Crippen molar-refractivity contribution in [3.8, 4) is 11.8 Å². The lowest BCUT2D eigenvalue weighted by atomic mass is 10.0. The topological polar surface area (TPSA) is 66.6 Å². The lowest BCUT2D eigenvalue weighted by Gasteiger charge is -2.30. The molecule has 1 heterocycles. The zero-order valence-corrected chi connectivity index (χ0v) is 13.8. The van der Waals surface area contributed by atoms with Crippen molar-refractivity contribution in [1.82, 2.24) is 5.32 Å². The summed E-state index contributed by atoms with van der Waals surface area (Å²) in [6.45, 7) is 5.31. The predicted octanol–water partition coefficient (Wildman–Crippen LogP) is 0.901. The number of carbonyl (C=O) groups excluding carboxylic acids is 1. The molecule has 1 aliphatic heterocycles. The molecule has 5 heteroatoms. The van der Waals surface area contributed by atoms with Crippen LogP contribution in [0.1, 0.15) is 38.2 Å². The zero-order valence-electron chi connectivity index (χ0n) is 13.8. The Morgan fingerprint density at radius 1 is 1.43 bits per heavy atom. The van der Waals surface area contributed by atoms with Gasteiger partial charge in [0.15, 0.2) is 6.61 Å². The van der Waals surface area contributed by atoms with Gasteiger partial charge in [0.2, 0.25) is 0 Å². The first-order valence-corrected chi connectivity index (χ1v) is 8.44. The number of carbonyl (C=O) groups is 1. The molecule has 1 aliphatic rings. The average Bonchev–Trinajstić information content (AvgIpc) is 2.58. The maximum Gasteiger partial charge on any atom is 0.257 e. The van der Waals surface area contributed by atoms with Crippen molar-refractivity contribution < 1.29 is 14.4 Å². The van der Waals surface area contributed by atoms with Gasteiger partial charge in [0.25, 0.3) is 5.91 Å². The molecule has 0 radical (unpaired) electrons. The smallest absolute Gasteiger partial charge is 0.257 e. The number of likely N-dealkylation sites (tertiary alicyclic amines) is 1. The first-order chi connectivity index (χ1) is 11.2. The normalized spacial score (nSPS) is 20.5. The number of benzene rings is 1. The molecule has 1 fully saturated rings. The summed E-state index contributed by atoms with van der Waals surface area (Å²) in [5.74, 6) is 0.316. The molecule has 1 aromatic rings. The van der Waals surface area contributed by atoms with Crippen LogP contribution in [0.3, 0.4) is 0 Å². The number of amides is 1. The van der Waals surface area contributed by atoms with Crippen molar-refractivity contribution in [3.05, 3.63) is 29.8 Å². The van der Waals surface area contributed by atoms with E-state index in [1.54, 1.807) is 29.2 Å². The van der Waals surface area contributed by atoms with E-state index in [0.717, 1.165) is 19.0 Å². The van der Waals surface area contributed by atoms with Crippen LogP contribution in [0.25, 0.3) is 0 Å². The summed E-state index contributed by atoms with van der Waals surface area (Å²) in [6.07, 6.45) is 4.97. The molecule has 0 saturated carbocycles. The maximum atomic E-state index is 11.8. The summed E-state index contributed by atoms with van der Waals surface area (Å²) >= 11 is 0. The number of rotatable bonds is 7. The largest absolute Gasteiger partial charge is 0.482 e. The molecule has 1 amide bonds. The second-order valence-electron chi connectivity index (χ2n) is 6.16. The average molecular weight is 316 g/mol. The van der Waals surface area contributed by atoms with Crippen molar-refractivity contribution in [2.24, 2.45) is 0 Å². The van der Waals surface area contributed by atoms with Crippen LogP contribution in [-0.4, -0.2) is 38.2 Å². The Labute approximate surface area is 138 Å². The second kappa shape index (κ2) is 9.16. The fourth-order valence-electron chi connectivity index (χ4n) is 3.05. The minimum absolute atomic E-state index is 0.0499. The van der Waals surface area contributed by atoms with Crippen LogP contribution in [0.2, 0.25) is 0 Å². The van der Waals surface area contributed by atoms with Crippen LogP contribution in [0.15, 0.2) is 24.3 Å². The Morgan fingerprint density at radius 2 is 2.26 bits per heavy atom. The molecule has 0 aliphatic carbocycles. The lowest BCUT2D eigenvalue weighted by molar-refractivity contribution is -0.928. The van der Waals surface area contributed by atoms with Gasteiger partial charge in [0, 0.05) is 13.0 Å². The molecule has 1 aromatic carbocycles. The third-order valence-corrected chi connectivity index (χ3v) is 4.45. The number of para-hydroxylation sites is 1. The van der Waals surface area contributed by atoms with Crippen molar-refractivity contribution in [1.29, 1.82) is 5.26 Å². The number of nitrogens with zero attached hydrogens (tertiary/aromatic N) is 1. The van der Waals surface area contributed by atoms with E-state index >= 15 is 0 Å². The number of quaternary nitrogens is 1. The van der Waals surface area contributed by atoms with Crippen molar-refractivity contribution >= 4 is 5.91 Å². The Morgan fingerprint density at radius 3 is 3.04 bits per heavy atom. The van der Waals surface area contributed by atoms with E-state index in [1.165, 1.54) is 25.8 Å². The third kappa shape index (κ3) is 5.57. The van der Waals surface area contributed by atoms with Crippen LogP contribution >= 0.6 is 0 Å². The van der Waals surface area contributed by atoms with Gasteiger partial charge >= 0.3 is 0 Å². The van der Waals surface area contributed by atoms with E-state index in [9.17, 15) is 4.79 Å². The molecule has 0 spiro atoms. The zero-order chi connectivity index (χ0) is 16.5. The van der Waals surface area contributed by atoms with E-state index in [1.807, 2.05) is 0 Å². The van der Waals surface area contributed by atoms with Gasteiger partial charge < -0.3 is 15.0 Å². The highest BCUT2D eigenvalue weighted by Crippen LogP contribution is 2.16. The highest BCUT2D eigenvalue weighted by atomic mass is 16.5. The molecule has 2 N–H and O–H groups in total. The summed E-state index contributed by atoms with van der Waals surface area (Å²) in [5, 5.41) is 11.9. The molecular weight excluding hydrogens is 290 g/mol. The predicted molar refractivity (Wildman–Crippen MR) is 88.3 cm³/mol. The minimum Gasteiger partial charge on any atom is -0.482 e. The fourth-order valence-corrected chi connectivity index (χ4v) is 3.05. The maximum absolute atomic E-state index is 11.8. The monoisotopic (exact) mass is 316 g/mol. The first kappa shape index (κ1) is 17.3. The molecule has 124 valence electrons. The third-order valence-electron chi connectivity index (χ3n) is 4.45. The van der Waals surface area contributed by atoms with E-state index in [-0.39, 0.29) is 12.5 Å². The SMILES string of the molecule is C[C@H]1CCCC[NH+]1CCCNC(=O)COc1ccccc1C#N. The Bertz CT molecular complexity index is 553. The Hall–Kier alpha value is -2.06. The van der Waals surface area contributed by atoms with Crippen LogP contribution in [0.5, 0.6) is 5.75 Å². The van der Waals surface area contributed by atoms with Gasteiger partial charge in [-0.15, -0.1) is 0 Å². The van der Waals surface area contributed by atoms with E-state index in [0.29, 0.717) is 17.9 Å². The molecule has 5 nitrogen and oxygen atoms in total.